The minimum Gasteiger partial charge on any atom is -0.490 e. The van der Waals surface area contributed by atoms with Crippen molar-refractivity contribution in [3.63, 3.8) is 0 Å². The van der Waals surface area contributed by atoms with Crippen LogP contribution in [0.3, 0.4) is 0 Å². The average Bonchev–Trinajstić information content (AvgIpc) is 2.59. The highest BCUT2D eigenvalue weighted by atomic mass is 16.5. The molecular formula is C18H19NO5. The Bertz CT molecular complexity index is 714. The minimum absolute atomic E-state index is 0.150. The third-order valence-corrected chi connectivity index (χ3v) is 3.17. The average molecular weight is 329 g/mol. The molecule has 0 atom stereocenters. The molecule has 0 fully saturated rings. The summed E-state index contributed by atoms with van der Waals surface area (Å²) in [7, 11) is 0. The van der Waals surface area contributed by atoms with Crippen LogP contribution < -0.4 is 14.8 Å². The molecule has 0 bridgehead atoms. The summed E-state index contributed by atoms with van der Waals surface area (Å²) in [6.45, 7) is 2.46. The SMILES string of the molecule is CCOc1ccccc1OCC(=O)NCc1cccc(C(=O)O)c1. The number of hydrogen-bond donors (Lipinski definition) is 2. The van der Waals surface area contributed by atoms with Crippen LogP contribution in [0.25, 0.3) is 0 Å². The van der Waals surface area contributed by atoms with Gasteiger partial charge < -0.3 is 19.9 Å². The zero-order valence-corrected chi connectivity index (χ0v) is 13.3. The molecule has 2 aromatic carbocycles. The largest absolute Gasteiger partial charge is 0.490 e. The second-order valence-corrected chi connectivity index (χ2v) is 4.95. The maximum atomic E-state index is 11.9. The van der Waals surface area contributed by atoms with Gasteiger partial charge in [-0.3, -0.25) is 4.79 Å². The van der Waals surface area contributed by atoms with Gasteiger partial charge in [-0.15, -0.1) is 0 Å². The summed E-state index contributed by atoms with van der Waals surface area (Å²) in [4.78, 5) is 22.8. The van der Waals surface area contributed by atoms with E-state index in [0.29, 0.717) is 23.7 Å². The van der Waals surface area contributed by atoms with Crippen LogP contribution in [0.1, 0.15) is 22.8 Å². The summed E-state index contributed by atoms with van der Waals surface area (Å²) >= 11 is 0. The number of carbonyl (C=O) groups is 2. The molecule has 0 heterocycles. The van der Waals surface area contributed by atoms with Gasteiger partial charge in [0.1, 0.15) is 0 Å². The maximum absolute atomic E-state index is 11.9. The Kier molecular flexibility index (Phi) is 6.19. The lowest BCUT2D eigenvalue weighted by Crippen LogP contribution is -2.28. The first-order valence-electron chi connectivity index (χ1n) is 7.53. The molecule has 2 N–H and O–H groups in total. The van der Waals surface area contributed by atoms with Gasteiger partial charge in [0.05, 0.1) is 12.2 Å². The van der Waals surface area contributed by atoms with Crippen LogP contribution in [-0.4, -0.2) is 30.2 Å². The van der Waals surface area contributed by atoms with Crippen molar-refractivity contribution in [2.24, 2.45) is 0 Å². The Labute approximate surface area is 140 Å². The van der Waals surface area contributed by atoms with Crippen LogP contribution in [-0.2, 0) is 11.3 Å². The molecular weight excluding hydrogens is 310 g/mol. The predicted molar refractivity (Wildman–Crippen MR) is 88.4 cm³/mol. The van der Waals surface area contributed by atoms with Gasteiger partial charge in [0.2, 0.25) is 0 Å². The number of ether oxygens (including phenoxy) is 2. The highest BCUT2D eigenvalue weighted by Crippen LogP contribution is 2.26. The Morgan fingerprint density at radius 2 is 1.75 bits per heavy atom. The van der Waals surface area contributed by atoms with Crippen LogP contribution in [0.15, 0.2) is 48.5 Å². The van der Waals surface area contributed by atoms with Gasteiger partial charge in [0.15, 0.2) is 18.1 Å². The van der Waals surface area contributed by atoms with Gasteiger partial charge in [0.25, 0.3) is 5.91 Å². The quantitative estimate of drug-likeness (QED) is 0.777. The molecule has 0 aromatic heterocycles. The van der Waals surface area contributed by atoms with E-state index in [0.717, 1.165) is 0 Å². The highest BCUT2D eigenvalue weighted by molar-refractivity contribution is 5.87. The second kappa shape index (κ2) is 8.57. The van der Waals surface area contributed by atoms with Crippen LogP contribution in [0.4, 0.5) is 0 Å². The van der Waals surface area contributed by atoms with E-state index in [1.165, 1.54) is 12.1 Å². The lowest BCUT2D eigenvalue weighted by Gasteiger charge is -2.11. The maximum Gasteiger partial charge on any atom is 0.335 e. The van der Waals surface area contributed by atoms with Crippen molar-refractivity contribution >= 4 is 11.9 Å². The monoisotopic (exact) mass is 329 g/mol. The molecule has 0 saturated carbocycles. The predicted octanol–water partition coefficient (Wildman–Crippen LogP) is 2.48. The second-order valence-electron chi connectivity index (χ2n) is 4.95. The molecule has 0 unspecified atom stereocenters. The van der Waals surface area contributed by atoms with Gasteiger partial charge in [-0.1, -0.05) is 24.3 Å². The van der Waals surface area contributed by atoms with Gasteiger partial charge in [-0.25, -0.2) is 4.79 Å². The summed E-state index contributed by atoms with van der Waals surface area (Å²) in [5.74, 6) is -0.217. The van der Waals surface area contributed by atoms with E-state index in [9.17, 15) is 9.59 Å². The number of carboxylic acid groups (broad SMARTS) is 1. The lowest BCUT2D eigenvalue weighted by atomic mass is 10.1. The van der Waals surface area contributed by atoms with Gasteiger partial charge in [-0.05, 0) is 36.8 Å². The first kappa shape index (κ1) is 17.3. The van der Waals surface area contributed by atoms with Crippen molar-refractivity contribution in [1.82, 2.24) is 5.32 Å². The van der Waals surface area contributed by atoms with E-state index < -0.39 is 5.97 Å². The van der Waals surface area contributed by atoms with Gasteiger partial charge >= 0.3 is 5.97 Å². The first-order valence-corrected chi connectivity index (χ1v) is 7.53. The Balaban J connectivity index is 1.86. The van der Waals surface area contributed by atoms with Crippen molar-refractivity contribution in [3.05, 3.63) is 59.7 Å². The smallest absolute Gasteiger partial charge is 0.335 e. The fourth-order valence-corrected chi connectivity index (χ4v) is 2.05. The van der Waals surface area contributed by atoms with Crippen molar-refractivity contribution in [2.75, 3.05) is 13.2 Å². The number of benzene rings is 2. The third kappa shape index (κ3) is 5.01. The number of carboxylic acids is 1. The number of hydrogen-bond acceptors (Lipinski definition) is 4. The van der Waals surface area contributed by atoms with Crippen LogP contribution in [0.5, 0.6) is 11.5 Å². The molecule has 0 aliphatic rings. The molecule has 6 nitrogen and oxygen atoms in total. The van der Waals surface area contributed by atoms with Crippen LogP contribution >= 0.6 is 0 Å². The molecule has 0 aliphatic carbocycles. The van der Waals surface area contributed by atoms with Crippen molar-refractivity contribution in [2.45, 2.75) is 13.5 Å². The fourth-order valence-electron chi connectivity index (χ4n) is 2.05. The summed E-state index contributed by atoms with van der Waals surface area (Å²) in [6, 6.07) is 13.5. The molecule has 6 heteroatoms. The van der Waals surface area contributed by atoms with E-state index >= 15 is 0 Å². The van der Waals surface area contributed by atoms with Crippen LogP contribution in [0, 0.1) is 0 Å². The fraction of sp³-hybridized carbons (Fsp3) is 0.222. The molecule has 2 aromatic rings. The summed E-state index contributed by atoms with van der Waals surface area (Å²) in [5, 5.41) is 11.6. The molecule has 0 saturated heterocycles. The number of nitrogens with one attached hydrogen (secondary N) is 1. The Morgan fingerprint density at radius 3 is 2.42 bits per heavy atom. The van der Waals surface area contributed by atoms with Crippen molar-refractivity contribution in [3.8, 4) is 11.5 Å². The molecule has 0 radical (unpaired) electrons. The van der Waals surface area contributed by atoms with Crippen LogP contribution in [0.2, 0.25) is 0 Å². The molecule has 24 heavy (non-hydrogen) atoms. The topological polar surface area (TPSA) is 84.9 Å². The van der Waals surface area contributed by atoms with E-state index in [-0.39, 0.29) is 24.6 Å². The van der Waals surface area contributed by atoms with E-state index in [1.54, 1.807) is 30.3 Å². The summed E-state index contributed by atoms with van der Waals surface area (Å²) in [6.07, 6.45) is 0. The van der Waals surface area contributed by atoms with E-state index in [4.69, 9.17) is 14.6 Å². The number of rotatable bonds is 8. The molecule has 0 aliphatic heterocycles. The standard InChI is InChI=1S/C18H19NO5/c1-2-23-15-8-3-4-9-16(15)24-12-17(20)19-11-13-6-5-7-14(10-13)18(21)22/h3-10H,2,11-12H2,1H3,(H,19,20)(H,21,22). The Morgan fingerprint density at radius 1 is 1.04 bits per heavy atom. The van der Waals surface area contributed by atoms with Crippen molar-refractivity contribution < 1.29 is 24.2 Å². The zero-order chi connectivity index (χ0) is 17.4. The number of para-hydroxylation sites is 2. The summed E-state index contributed by atoms with van der Waals surface area (Å²) < 4.78 is 10.9. The number of carbonyl (C=O) groups excluding carboxylic acids is 1. The Hall–Kier alpha value is -3.02. The highest BCUT2D eigenvalue weighted by Gasteiger charge is 2.08. The van der Waals surface area contributed by atoms with Gasteiger partial charge in [-0.2, -0.15) is 0 Å². The molecule has 0 spiro atoms. The minimum atomic E-state index is -1.00. The van der Waals surface area contributed by atoms with Crippen molar-refractivity contribution in [1.29, 1.82) is 0 Å². The third-order valence-electron chi connectivity index (χ3n) is 3.17. The zero-order valence-electron chi connectivity index (χ0n) is 13.3. The normalized spacial score (nSPS) is 10.0. The summed E-state index contributed by atoms with van der Waals surface area (Å²) in [5.41, 5.74) is 0.890. The molecule has 126 valence electrons. The number of aromatic carboxylic acids is 1. The lowest BCUT2D eigenvalue weighted by molar-refractivity contribution is -0.123. The molecule has 2 rings (SSSR count). The van der Waals surface area contributed by atoms with E-state index in [1.807, 2.05) is 13.0 Å². The van der Waals surface area contributed by atoms with Gasteiger partial charge in [0, 0.05) is 6.54 Å². The molecule has 1 amide bonds. The number of amides is 1. The first-order chi connectivity index (χ1) is 11.6. The van der Waals surface area contributed by atoms with E-state index in [2.05, 4.69) is 5.32 Å².